The molecule has 0 bridgehead atoms. The Kier molecular flexibility index (Phi) is 1.89. The number of methoxy groups -OCH3 is 1. The average molecular weight is 198 g/mol. The molecule has 2 rings (SSSR count). The molecule has 0 unspecified atom stereocenters. The summed E-state index contributed by atoms with van der Waals surface area (Å²) in [6.07, 6.45) is 0.980. The second kappa shape index (κ2) is 2.85. The molecule has 0 saturated heterocycles. The van der Waals surface area contributed by atoms with E-state index in [1.165, 1.54) is 13.2 Å². The molecule has 0 amide bonds. The zero-order chi connectivity index (χ0) is 10.3. The fourth-order valence-electron chi connectivity index (χ4n) is 1.51. The molecule has 4 heteroatoms. The van der Waals surface area contributed by atoms with Crippen molar-refractivity contribution in [2.24, 2.45) is 0 Å². The van der Waals surface area contributed by atoms with Gasteiger partial charge in [-0.25, -0.2) is 4.39 Å². The highest BCUT2D eigenvalue weighted by molar-refractivity contribution is 5.46. The first kappa shape index (κ1) is 9.27. The van der Waals surface area contributed by atoms with Crippen LogP contribution in [0.4, 0.5) is 4.39 Å². The number of aliphatic hydroxyl groups is 1. The van der Waals surface area contributed by atoms with Gasteiger partial charge in [-0.1, -0.05) is 0 Å². The number of rotatable bonds is 2. The molecule has 1 saturated carbocycles. The summed E-state index contributed by atoms with van der Waals surface area (Å²) in [7, 11) is 1.39. The van der Waals surface area contributed by atoms with Crippen LogP contribution in [0.15, 0.2) is 12.1 Å². The number of phenolic OH excluding ortho intramolecular Hbond substituents is 1. The van der Waals surface area contributed by atoms with Crippen LogP contribution in [-0.4, -0.2) is 17.3 Å². The first-order valence-electron chi connectivity index (χ1n) is 4.36. The highest BCUT2D eigenvalue weighted by atomic mass is 19.1. The lowest BCUT2D eigenvalue weighted by Crippen LogP contribution is -2.07. The smallest absolute Gasteiger partial charge is 0.136 e. The Morgan fingerprint density at radius 1 is 1.43 bits per heavy atom. The maximum absolute atomic E-state index is 13.4. The van der Waals surface area contributed by atoms with Gasteiger partial charge >= 0.3 is 0 Å². The fourth-order valence-corrected chi connectivity index (χ4v) is 1.51. The molecule has 0 radical (unpaired) electrons. The molecule has 0 aromatic heterocycles. The maximum Gasteiger partial charge on any atom is 0.136 e. The summed E-state index contributed by atoms with van der Waals surface area (Å²) in [5.74, 6) is -0.628. The van der Waals surface area contributed by atoms with E-state index in [0.29, 0.717) is 12.8 Å². The van der Waals surface area contributed by atoms with Gasteiger partial charge in [0.2, 0.25) is 0 Å². The first-order valence-corrected chi connectivity index (χ1v) is 4.36. The van der Waals surface area contributed by atoms with Crippen LogP contribution in [0.25, 0.3) is 0 Å². The third-order valence-corrected chi connectivity index (χ3v) is 2.47. The van der Waals surface area contributed by atoms with Crippen molar-refractivity contribution in [1.29, 1.82) is 0 Å². The molecule has 1 aliphatic rings. The summed E-state index contributed by atoms with van der Waals surface area (Å²) in [4.78, 5) is 0. The number of benzene rings is 1. The SMILES string of the molecule is COc1cc(O)c(C2(O)CC2)c(F)c1. The molecule has 0 aliphatic heterocycles. The Labute approximate surface area is 80.8 Å². The topological polar surface area (TPSA) is 49.7 Å². The molecule has 0 spiro atoms. The Bertz CT molecular complexity index is 349. The molecule has 2 N–H and O–H groups in total. The van der Waals surface area contributed by atoms with Crippen molar-refractivity contribution >= 4 is 0 Å². The van der Waals surface area contributed by atoms with E-state index in [4.69, 9.17) is 4.74 Å². The van der Waals surface area contributed by atoms with Crippen molar-refractivity contribution < 1.29 is 19.3 Å². The molecule has 0 heterocycles. The van der Waals surface area contributed by atoms with E-state index >= 15 is 0 Å². The van der Waals surface area contributed by atoms with Crippen LogP contribution in [0.2, 0.25) is 0 Å². The summed E-state index contributed by atoms with van der Waals surface area (Å²) in [5, 5.41) is 19.2. The van der Waals surface area contributed by atoms with Gasteiger partial charge < -0.3 is 14.9 Å². The summed E-state index contributed by atoms with van der Waals surface area (Å²) in [6.45, 7) is 0. The van der Waals surface area contributed by atoms with Crippen molar-refractivity contribution in [1.82, 2.24) is 0 Å². The minimum absolute atomic E-state index is 0.0155. The molecule has 1 fully saturated rings. The summed E-state index contributed by atoms with van der Waals surface area (Å²) < 4.78 is 18.2. The third kappa shape index (κ3) is 1.32. The zero-order valence-electron chi connectivity index (χ0n) is 7.75. The Balaban J connectivity index is 2.50. The van der Waals surface area contributed by atoms with Gasteiger partial charge in [-0.2, -0.15) is 0 Å². The second-order valence-corrected chi connectivity index (χ2v) is 3.53. The van der Waals surface area contributed by atoms with E-state index < -0.39 is 11.4 Å². The Morgan fingerprint density at radius 3 is 2.50 bits per heavy atom. The van der Waals surface area contributed by atoms with Crippen LogP contribution >= 0.6 is 0 Å². The number of ether oxygens (including phenoxy) is 1. The predicted octanol–water partition coefficient (Wildman–Crippen LogP) is 1.52. The standard InChI is InChI=1S/C10H11FO3/c1-14-6-4-7(11)9(8(12)5-6)10(13)2-3-10/h4-5,12-13H,2-3H2,1H3. The van der Waals surface area contributed by atoms with E-state index in [2.05, 4.69) is 0 Å². The first-order chi connectivity index (χ1) is 6.57. The van der Waals surface area contributed by atoms with Gasteiger partial charge in [0.15, 0.2) is 0 Å². The molecule has 0 atom stereocenters. The van der Waals surface area contributed by atoms with Gasteiger partial charge in [0.25, 0.3) is 0 Å². The minimum atomic E-state index is -1.17. The zero-order valence-corrected chi connectivity index (χ0v) is 7.75. The third-order valence-electron chi connectivity index (χ3n) is 2.47. The molecule has 14 heavy (non-hydrogen) atoms. The van der Waals surface area contributed by atoms with Crippen molar-refractivity contribution in [3.8, 4) is 11.5 Å². The van der Waals surface area contributed by atoms with Crippen molar-refractivity contribution in [2.45, 2.75) is 18.4 Å². The van der Waals surface area contributed by atoms with Gasteiger partial charge in [-0.3, -0.25) is 0 Å². The van der Waals surface area contributed by atoms with Gasteiger partial charge in [0, 0.05) is 12.1 Å². The number of hydrogen-bond acceptors (Lipinski definition) is 3. The molecule has 3 nitrogen and oxygen atoms in total. The number of aromatic hydroxyl groups is 1. The van der Waals surface area contributed by atoms with E-state index in [9.17, 15) is 14.6 Å². The van der Waals surface area contributed by atoms with Crippen LogP contribution in [0, 0.1) is 5.82 Å². The highest BCUT2D eigenvalue weighted by Crippen LogP contribution is 2.50. The molecule has 1 aromatic rings. The summed E-state index contributed by atoms with van der Waals surface area (Å²) in [5.41, 5.74) is -1.18. The number of phenols is 1. The maximum atomic E-state index is 13.4. The van der Waals surface area contributed by atoms with Gasteiger partial charge in [0.1, 0.15) is 17.3 Å². The van der Waals surface area contributed by atoms with Crippen molar-refractivity contribution in [3.05, 3.63) is 23.5 Å². The Hall–Kier alpha value is -1.29. The molecule has 1 aromatic carbocycles. The quantitative estimate of drug-likeness (QED) is 0.757. The van der Waals surface area contributed by atoms with E-state index in [0.717, 1.165) is 6.07 Å². The molecular formula is C10H11FO3. The largest absolute Gasteiger partial charge is 0.507 e. The minimum Gasteiger partial charge on any atom is -0.507 e. The van der Waals surface area contributed by atoms with E-state index in [-0.39, 0.29) is 17.1 Å². The second-order valence-electron chi connectivity index (χ2n) is 3.53. The van der Waals surface area contributed by atoms with Crippen LogP contribution in [0.1, 0.15) is 18.4 Å². The summed E-state index contributed by atoms with van der Waals surface area (Å²) in [6, 6.07) is 2.46. The molecular weight excluding hydrogens is 187 g/mol. The number of hydrogen-bond donors (Lipinski definition) is 2. The Morgan fingerprint density at radius 2 is 2.07 bits per heavy atom. The van der Waals surface area contributed by atoms with Gasteiger partial charge in [0.05, 0.1) is 18.3 Å². The van der Waals surface area contributed by atoms with Crippen molar-refractivity contribution in [3.63, 3.8) is 0 Å². The van der Waals surface area contributed by atoms with Gasteiger partial charge in [-0.05, 0) is 12.8 Å². The monoisotopic (exact) mass is 198 g/mol. The van der Waals surface area contributed by atoms with Crippen LogP contribution in [0.5, 0.6) is 11.5 Å². The lowest BCUT2D eigenvalue weighted by atomic mass is 10.1. The van der Waals surface area contributed by atoms with Crippen LogP contribution in [-0.2, 0) is 5.60 Å². The van der Waals surface area contributed by atoms with E-state index in [1.807, 2.05) is 0 Å². The molecule has 1 aliphatic carbocycles. The normalized spacial score (nSPS) is 17.9. The lowest BCUT2D eigenvalue weighted by molar-refractivity contribution is 0.142. The van der Waals surface area contributed by atoms with Gasteiger partial charge in [-0.15, -0.1) is 0 Å². The number of halogens is 1. The van der Waals surface area contributed by atoms with Crippen molar-refractivity contribution in [2.75, 3.05) is 7.11 Å². The summed E-state index contributed by atoms with van der Waals surface area (Å²) >= 11 is 0. The predicted molar refractivity (Wildman–Crippen MR) is 47.7 cm³/mol. The van der Waals surface area contributed by atoms with E-state index in [1.54, 1.807) is 0 Å². The highest BCUT2D eigenvalue weighted by Gasteiger charge is 2.46. The fraction of sp³-hybridized carbons (Fsp3) is 0.400. The lowest BCUT2D eigenvalue weighted by Gasteiger charge is -2.12. The van der Waals surface area contributed by atoms with Crippen LogP contribution < -0.4 is 4.74 Å². The average Bonchev–Trinajstić information content (AvgIpc) is 2.82. The van der Waals surface area contributed by atoms with Crippen LogP contribution in [0.3, 0.4) is 0 Å². The molecule has 76 valence electrons.